The predicted octanol–water partition coefficient (Wildman–Crippen LogP) is 2.73. The Morgan fingerprint density at radius 3 is 2.60 bits per heavy atom. The Kier molecular flexibility index (Phi) is 6.00. The van der Waals surface area contributed by atoms with Crippen molar-refractivity contribution in [3.63, 3.8) is 0 Å². The first-order chi connectivity index (χ1) is 16.9. The van der Waals surface area contributed by atoms with Crippen LogP contribution in [0.15, 0.2) is 59.7 Å². The van der Waals surface area contributed by atoms with E-state index in [1.165, 1.54) is 22.9 Å². The quantitative estimate of drug-likeness (QED) is 0.521. The normalized spacial score (nSPS) is 21.4. The van der Waals surface area contributed by atoms with Crippen molar-refractivity contribution in [3.05, 3.63) is 71.0 Å². The van der Waals surface area contributed by atoms with E-state index in [0.717, 1.165) is 6.20 Å². The van der Waals surface area contributed by atoms with Crippen LogP contribution in [0.3, 0.4) is 0 Å². The number of benzene rings is 1. The number of carbonyl (C=O) groups is 1. The molecule has 5 rings (SSSR count). The Labute approximate surface area is 203 Å². The number of anilines is 1. The number of pyridine rings is 1. The van der Waals surface area contributed by atoms with Crippen molar-refractivity contribution in [2.24, 2.45) is 18.9 Å². The molecule has 1 aliphatic carbocycles. The molecule has 2 fully saturated rings. The van der Waals surface area contributed by atoms with Crippen molar-refractivity contribution in [2.75, 3.05) is 25.0 Å². The second kappa shape index (κ2) is 9.13. The first kappa shape index (κ1) is 23.0. The molecule has 3 unspecified atom stereocenters. The van der Waals surface area contributed by atoms with Crippen molar-refractivity contribution >= 4 is 11.9 Å². The monoisotopic (exact) mass is 477 g/mol. The zero-order chi connectivity index (χ0) is 24.7. The van der Waals surface area contributed by atoms with Gasteiger partial charge in [0.1, 0.15) is 5.75 Å². The first-order valence-corrected chi connectivity index (χ1v) is 11.8. The summed E-state index contributed by atoms with van der Waals surface area (Å²) >= 11 is 0. The Morgan fingerprint density at radius 1 is 1.23 bits per heavy atom. The number of carbonyl (C=O) groups excluding carboxylic acids is 1. The van der Waals surface area contributed by atoms with Crippen LogP contribution in [-0.4, -0.2) is 57.6 Å². The Bertz CT molecular complexity index is 1290. The number of nitrogens with zero attached hydrogens (tertiary/aromatic N) is 5. The molecule has 3 aromatic rings. The number of para-hydroxylation sites is 1. The van der Waals surface area contributed by atoms with Crippen molar-refractivity contribution < 1.29 is 13.9 Å². The predicted molar refractivity (Wildman–Crippen MR) is 130 cm³/mol. The van der Waals surface area contributed by atoms with E-state index in [-0.39, 0.29) is 40.6 Å². The summed E-state index contributed by atoms with van der Waals surface area (Å²) in [7, 11) is 3.56. The van der Waals surface area contributed by atoms with Gasteiger partial charge in [-0.15, -0.1) is 0 Å². The van der Waals surface area contributed by atoms with Gasteiger partial charge in [-0.05, 0) is 24.6 Å². The van der Waals surface area contributed by atoms with Crippen LogP contribution in [0.2, 0.25) is 0 Å². The molecule has 35 heavy (non-hydrogen) atoms. The molecule has 0 spiro atoms. The van der Waals surface area contributed by atoms with Gasteiger partial charge in [0.25, 0.3) is 11.5 Å². The highest BCUT2D eigenvalue weighted by Crippen LogP contribution is 2.49. The van der Waals surface area contributed by atoms with Crippen molar-refractivity contribution in [1.82, 2.24) is 19.4 Å². The molecule has 0 bridgehead atoms. The number of amides is 1. The van der Waals surface area contributed by atoms with E-state index in [1.54, 1.807) is 7.05 Å². The van der Waals surface area contributed by atoms with Crippen LogP contribution < -0.4 is 15.2 Å². The van der Waals surface area contributed by atoms with Gasteiger partial charge in [-0.2, -0.15) is 0 Å². The summed E-state index contributed by atoms with van der Waals surface area (Å²) < 4.78 is 21.7. The topological polar surface area (TPSA) is 80.6 Å². The van der Waals surface area contributed by atoms with E-state index in [1.807, 2.05) is 54.1 Å². The lowest BCUT2D eigenvalue weighted by atomic mass is 10.2. The summed E-state index contributed by atoms with van der Waals surface area (Å²) in [4.78, 5) is 38.0. The second-order valence-corrected chi connectivity index (χ2v) is 9.19. The van der Waals surface area contributed by atoms with Crippen LogP contribution in [0.5, 0.6) is 5.75 Å². The molecule has 1 saturated heterocycles. The zero-order valence-corrected chi connectivity index (χ0v) is 20.0. The summed E-state index contributed by atoms with van der Waals surface area (Å²) in [6.45, 7) is 3.23. The lowest BCUT2D eigenvalue weighted by Crippen LogP contribution is -2.44. The second-order valence-electron chi connectivity index (χ2n) is 9.19. The van der Waals surface area contributed by atoms with Gasteiger partial charge in [-0.3, -0.25) is 19.1 Å². The Hall–Kier alpha value is -3.75. The minimum absolute atomic E-state index is 0.00522. The summed E-state index contributed by atoms with van der Waals surface area (Å²) in [5.74, 6) is 1.22. The summed E-state index contributed by atoms with van der Waals surface area (Å²) in [6.07, 6.45) is 2.66. The first-order valence-electron chi connectivity index (χ1n) is 11.8. The fraction of sp³-hybridized carbons (Fsp3) is 0.385. The number of rotatable bonds is 7. The van der Waals surface area contributed by atoms with Crippen LogP contribution >= 0.6 is 0 Å². The van der Waals surface area contributed by atoms with E-state index in [9.17, 15) is 14.0 Å². The van der Waals surface area contributed by atoms with Gasteiger partial charge in [0, 0.05) is 62.9 Å². The average molecular weight is 478 g/mol. The zero-order valence-electron chi connectivity index (χ0n) is 20.0. The molecule has 1 amide bonds. The standard InChI is InChI=1S/C26H28FN5O3/c1-4-22(35-16-8-6-5-7-9-16)25(34)32-14-18-19(15-32)24(18)31(3)26-29-21(12-23(33)30(26)2)17-10-11-28-13-20(17)27/h5-13,18-19,22,24H,4,14-15H2,1-3H3. The van der Waals surface area contributed by atoms with Gasteiger partial charge in [0.2, 0.25) is 5.95 Å². The molecule has 3 heterocycles. The maximum atomic E-state index is 14.3. The molecule has 182 valence electrons. The van der Waals surface area contributed by atoms with Crippen LogP contribution in [0.4, 0.5) is 10.3 Å². The Balaban J connectivity index is 1.29. The van der Waals surface area contributed by atoms with E-state index in [2.05, 4.69) is 9.97 Å². The van der Waals surface area contributed by atoms with Crippen LogP contribution in [0.1, 0.15) is 13.3 Å². The molecule has 2 aliphatic rings. The van der Waals surface area contributed by atoms with Crippen LogP contribution in [-0.2, 0) is 11.8 Å². The van der Waals surface area contributed by atoms with Gasteiger partial charge >= 0.3 is 0 Å². The third-order valence-corrected chi connectivity index (χ3v) is 7.05. The van der Waals surface area contributed by atoms with Crippen LogP contribution in [0, 0.1) is 17.7 Å². The summed E-state index contributed by atoms with van der Waals surface area (Å²) in [6, 6.07) is 12.4. The van der Waals surface area contributed by atoms with Gasteiger partial charge < -0.3 is 14.5 Å². The van der Waals surface area contributed by atoms with Crippen molar-refractivity contribution in [2.45, 2.75) is 25.5 Å². The fourth-order valence-electron chi connectivity index (χ4n) is 5.12. The van der Waals surface area contributed by atoms with Gasteiger partial charge in [0.05, 0.1) is 11.9 Å². The summed E-state index contributed by atoms with van der Waals surface area (Å²) in [5, 5.41) is 0. The van der Waals surface area contributed by atoms with Gasteiger partial charge in [-0.1, -0.05) is 25.1 Å². The number of halogens is 1. The maximum absolute atomic E-state index is 14.3. The molecule has 9 heteroatoms. The molecule has 1 aromatic carbocycles. The lowest BCUT2D eigenvalue weighted by Gasteiger charge is -2.28. The smallest absolute Gasteiger partial charge is 0.263 e. The molecular formula is C26H28FN5O3. The van der Waals surface area contributed by atoms with Gasteiger partial charge in [-0.25, -0.2) is 9.37 Å². The molecule has 0 radical (unpaired) electrons. The molecular weight excluding hydrogens is 449 g/mol. The summed E-state index contributed by atoms with van der Waals surface area (Å²) in [5.41, 5.74) is 0.255. The average Bonchev–Trinajstić information content (AvgIpc) is 3.36. The highest BCUT2D eigenvalue weighted by Gasteiger charge is 2.59. The third kappa shape index (κ3) is 4.26. The van der Waals surface area contributed by atoms with Crippen molar-refractivity contribution in [3.8, 4) is 17.0 Å². The van der Waals surface area contributed by atoms with E-state index < -0.39 is 11.9 Å². The highest BCUT2D eigenvalue weighted by atomic mass is 19.1. The molecule has 3 atom stereocenters. The molecule has 1 aliphatic heterocycles. The molecule has 1 saturated carbocycles. The largest absolute Gasteiger partial charge is 0.481 e. The number of hydrogen-bond acceptors (Lipinski definition) is 6. The number of piperidine rings is 1. The number of fused-ring (bicyclic) bond motifs is 1. The minimum Gasteiger partial charge on any atom is -0.481 e. The minimum atomic E-state index is -0.525. The Morgan fingerprint density at radius 2 is 1.94 bits per heavy atom. The number of hydrogen-bond donors (Lipinski definition) is 0. The maximum Gasteiger partial charge on any atom is 0.263 e. The lowest BCUT2D eigenvalue weighted by molar-refractivity contribution is -0.138. The molecule has 2 aromatic heterocycles. The third-order valence-electron chi connectivity index (χ3n) is 7.05. The molecule has 8 nitrogen and oxygen atoms in total. The number of aromatic nitrogens is 3. The van der Waals surface area contributed by atoms with E-state index >= 15 is 0 Å². The number of ether oxygens (including phenoxy) is 1. The van der Waals surface area contributed by atoms with Crippen molar-refractivity contribution in [1.29, 1.82) is 0 Å². The number of likely N-dealkylation sites (tertiary alicyclic amines) is 1. The highest BCUT2D eigenvalue weighted by molar-refractivity contribution is 5.82. The fourth-order valence-corrected chi connectivity index (χ4v) is 5.12. The molecule has 0 N–H and O–H groups in total. The van der Waals surface area contributed by atoms with E-state index in [4.69, 9.17) is 4.74 Å². The van der Waals surface area contributed by atoms with Crippen LogP contribution in [0.25, 0.3) is 11.3 Å². The van der Waals surface area contributed by atoms with E-state index in [0.29, 0.717) is 31.2 Å². The SMILES string of the molecule is CCC(Oc1ccccc1)C(=O)N1CC2C(C1)C2N(C)c1nc(-c2ccncc2F)cc(=O)n1C. The van der Waals surface area contributed by atoms with Gasteiger partial charge in [0.15, 0.2) is 11.9 Å².